The minimum Gasteiger partial charge on any atom is -0.493 e. The van der Waals surface area contributed by atoms with E-state index >= 15 is 0 Å². The van der Waals surface area contributed by atoms with Gasteiger partial charge in [0.1, 0.15) is 11.6 Å². The molecule has 2 aromatic heterocycles. The number of rotatable bonds is 8. The lowest BCUT2D eigenvalue weighted by Gasteiger charge is -2.29. The van der Waals surface area contributed by atoms with Crippen LogP contribution in [0.2, 0.25) is 0 Å². The fourth-order valence-corrected chi connectivity index (χ4v) is 5.45. The maximum Gasteiger partial charge on any atom is 0.269 e. The molecule has 1 aliphatic rings. The van der Waals surface area contributed by atoms with Gasteiger partial charge in [0, 0.05) is 25.3 Å². The molecular weight excluding hydrogens is 492 g/mol. The van der Waals surface area contributed by atoms with Crippen molar-refractivity contribution >= 4 is 21.7 Å². The molecule has 2 N–H and O–H groups in total. The average molecular weight is 527 g/mol. The summed E-state index contributed by atoms with van der Waals surface area (Å²) in [4.78, 5) is 34.0. The number of aromatic amines is 1. The van der Waals surface area contributed by atoms with Crippen molar-refractivity contribution in [1.29, 1.82) is 0 Å². The number of sulfonamides is 1. The molecule has 4 rings (SSSR count). The summed E-state index contributed by atoms with van der Waals surface area (Å²) in [6, 6.07) is 13.6. The van der Waals surface area contributed by atoms with Crippen molar-refractivity contribution in [1.82, 2.24) is 14.7 Å². The minimum atomic E-state index is -4.39. The van der Waals surface area contributed by atoms with Gasteiger partial charge in [-0.2, -0.15) is 0 Å². The predicted octanol–water partition coefficient (Wildman–Crippen LogP) is 4.21. The highest BCUT2D eigenvalue weighted by Gasteiger charge is 2.33. The third kappa shape index (κ3) is 5.85. The van der Waals surface area contributed by atoms with Crippen LogP contribution in [0.5, 0.6) is 5.75 Å². The molecule has 0 spiro atoms. The zero-order chi connectivity index (χ0) is 26.7. The molecule has 3 aromatic rings. The third-order valence-corrected chi connectivity index (χ3v) is 7.70. The van der Waals surface area contributed by atoms with E-state index in [-0.39, 0.29) is 19.1 Å². The number of hydrogen-bond donors (Lipinski definition) is 2. The van der Waals surface area contributed by atoms with E-state index in [1.54, 1.807) is 12.1 Å². The lowest BCUT2D eigenvalue weighted by atomic mass is 10.1. The Bertz CT molecular complexity index is 1430. The number of nitrogens with one attached hydrogen (secondary N) is 2. The van der Waals surface area contributed by atoms with Gasteiger partial charge in [0.25, 0.3) is 21.5 Å². The van der Waals surface area contributed by atoms with Crippen molar-refractivity contribution in [2.24, 2.45) is 5.92 Å². The number of hydrogen-bond acceptors (Lipinski definition) is 7. The first kappa shape index (κ1) is 26.4. The van der Waals surface area contributed by atoms with Gasteiger partial charge < -0.3 is 14.6 Å². The summed E-state index contributed by atoms with van der Waals surface area (Å²) in [5.41, 5.74) is 0.806. The van der Waals surface area contributed by atoms with Crippen molar-refractivity contribution in [3.8, 4) is 17.0 Å². The van der Waals surface area contributed by atoms with E-state index < -0.39 is 26.4 Å². The summed E-state index contributed by atoms with van der Waals surface area (Å²) >= 11 is 0. The molecule has 1 aliphatic heterocycles. The number of anilines is 1. The Hall–Kier alpha value is -3.66. The normalized spacial score (nSPS) is 17.7. The molecule has 1 aromatic carbocycles. The van der Waals surface area contributed by atoms with E-state index in [9.17, 15) is 18.0 Å². The third-order valence-electron chi connectivity index (χ3n) is 6.35. The Morgan fingerprint density at radius 1 is 1.14 bits per heavy atom. The number of amides is 1. The molecule has 0 radical (unpaired) electrons. The van der Waals surface area contributed by atoms with Crippen LogP contribution in [0.3, 0.4) is 0 Å². The van der Waals surface area contributed by atoms with Crippen LogP contribution in [0.1, 0.15) is 52.3 Å². The van der Waals surface area contributed by atoms with Gasteiger partial charge in [-0.05, 0) is 81.1 Å². The molecule has 1 saturated heterocycles. The molecule has 2 atom stereocenters. The summed E-state index contributed by atoms with van der Waals surface area (Å²) in [7, 11) is -4.39. The van der Waals surface area contributed by atoms with Crippen molar-refractivity contribution in [3.05, 3.63) is 70.6 Å². The van der Waals surface area contributed by atoms with Crippen LogP contribution in [-0.2, 0) is 10.0 Å². The highest BCUT2D eigenvalue weighted by Crippen LogP contribution is 2.33. The van der Waals surface area contributed by atoms with Gasteiger partial charge in [0.05, 0.1) is 17.9 Å². The van der Waals surface area contributed by atoms with Crippen LogP contribution in [0.4, 0.5) is 5.82 Å². The van der Waals surface area contributed by atoms with Gasteiger partial charge >= 0.3 is 0 Å². The first-order valence-electron chi connectivity index (χ1n) is 12.3. The summed E-state index contributed by atoms with van der Waals surface area (Å²) in [5.74, 6) is 0.735. The maximum atomic E-state index is 13.3. The number of carbonyl (C=O) groups is 1. The van der Waals surface area contributed by atoms with Crippen LogP contribution < -0.4 is 19.9 Å². The maximum absolute atomic E-state index is 13.3. The van der Waals surface area contributed by atoms with Crippen LogP contribution in [-0.4, -0.2) is 43.0 Å². The topological polar surface area (TPSA) is 121 Å². The van der Waals surface area contributed by atoms with Crippen LogP contribution in [0.15, 0.2) is 64.4 Å². The van der Waals surface area contributed by atoms with Gasteiger partial charge in [0.15, 0.2) is 4.90 Å². The fourth-order valence-electron chi connectivity index (χ4n) is 4.43. The number of ether oxygens (including phenoxy) is 1. The Kier molecular flexibility index (Phi) is 7.68. The highest BCUT2D eigenvalue weighted by molar-refractivity contribution is 7.90. The SMILES string of the molecule is CC(C)COc1ccc(-c2ccc(C(=O)NS(=O)(=O)c3ccc[nH]c3=O)c(N3[C@H](C)CC[C@@H]3C)n2)cc1.[HH]. The van der Waals surface area contributed by atoms with E-state index in [2.05, 4.69) is 37.6 Å². The second-order valence-corrected chi connectivity index (χ2v) is 11.4. The summed E-state index contributed by atoms with van der Waals surface area (Å²) in [6.45, 7) is 8.90. The van der Waals surface area contributed by atoms with E-state index in [1.165, 1.54) is 12.3 Å². The standard InChI is InChI=1S/C27H32N4O5S.H2/c1-17(2)16-36-21-11-9-20(10-12-21)23-14-13-22(25(29-23)31-18(3)7-8-19(31)4)26(32)30-37(34,35)24-6-5-15-28-27(24)33;/h5-6,9-15,17-19H,7-8,16H2,1-4H3,(H,28,33)(H,30,32);1H/t18-,19+;. The number of benzene rings is 1. The number of H-pyrrole nitrogens is 1. The van der Waals surface area contributed by atoms with Gasteiger partial charge in [-0.15, -0.1) is 0 Å². The zero-order valence-electron chi connectivity index (χ0n) is 21.4. The largest absolute Gasteiger partial charge is 0.493 e. The fraction of sp³-hybridized carbons (Fsp3) is 0.370. The first-order chi connectivity index (χ1) is 17.6. The summed E-state index contributed by atoms with van der Waals surface area (Å²) < 4.78 is 33.4. The van der Waals surface area contributed by atoms with Crippen LogP contribution in [0.25, 0.3) is 11.3 Å². The Morgan fingerprint density at radius 3 is 2.43 bits per heavy atom. The highest BCUT2D eigenvalue weighted by atomic mass is 32.2. The van der Waals surface area contributed by atoms with E-state index in [0.717, 1.165) is 30.2 Å². The summed E-state index contributed by atoms with van der Waals surface area (Å²) in [6.07, 6.45) is 3.17. The van der Waals surface area contributed by atoms with Crippen LogP contribution >= 0.6 is 0 Å². The van der Waals surface area contributed by atoms with Gasteiger partial charge in [0.2, 0.25) is 0 Å². The Labute approximate surface area is 218 Å². The van der Waals surface area contributed by atoms with Gasteiger partial charge in [-0.25, -0.2) is 18.1 Å². The first-order valence-corrected chi connectivity index (χ1v) is 13.8. The molecular formula is C27H34N4O5S. The molecule has 3 heterocycles. The molecule has 1 fully saturated rings. The smallest absolute Gasteiger partial charge is 0.269 e. The monoisotopic (exact) mass is 526 g/mol. The number of aromatic nitrogens is 2. The summed E-state index contributed by atoms with van der Waals surface area (Å²) in [5, 5.41) is 0. The van der Waals surface area contributed by atoms with E-state index in [4.69, 9.17) is 9.72 Å². The quantitative estimate of drug-likeness (QED) is 0.451. The molecule has 10 heteroatoms. The zero-order valence-corrected chi connectivity index (χ0v) is 22.2. The Balaban J connectivity index is 0.00000400. The van der Waals surface area contributed by atoms with Crippen molar-refractivity contribution in [2.75, 3.05) is 11.5 Å². The molecule has 0 aliphatic carbocycles. The molecule has 0 bridgehead atoms. The van der Waals surface area contributed by atoms with Crippen LogP contribution in [0, 0.1) is 5.92 Å². The van der Waals surface area contributed by atoms with Gasteiger partial charge in [-0.1, -0.05) is 13.8 Å². The minimum absolute atomic E-state index is 0. The number of carbonyl (C=O) groups excluding carboxylic acids is 1. The average Bonchev–Trinajstić information content (AvgIpc) is 3.20. The van der Waals surface area contributed by atoms with Crippen molar-refractivity contribution in [2.45, 2.75) is 57.5 Å². The molecule has 37 heavy (non-hydrogen) atoms. The lowest BCUT2D eigenvalue weighted by Crippen LogP contribution is -2.38. The molecule has 198 valence electrons. The van der Waals surface area contributed by atoms with Crippen molar-refractivity contribution < 1.29 is 19.4 Å². The molecule has 0 unspecified atom stereocenters. The van der Waals surface area contributed by atoms with Crippen molar-refractivity contribution in [3.63, 3.8) is 0 Å². The molecule has 0 saturated carbocycles. The number of nitrogens with zero attached hydrogens (tertiary/aromatic N) is 2. The van der Waals surface area contributed by atoms with E-state index in [0.29, 0.717) is 24.0 Å². The Morgan fingerprint density at radius 2 is 1.81 bits per heavy atom. The lowest BCUT2D eigenvalue weighted by molar-refractivity contribution is 0.0981. The second kappa shape index (κ2) is 10.8. The number of pyridine rings is 2. The predicted molar refractivity (Wildman–Crippen MR) is 144 cm³/mol. The molecule has 1 amide bonds. The molecule has 9 nitrogen and oxygen atoms in total. The van der Waals surface area contributed by atoms with E-state index in [1.807, 2.05) is 29.0 Å². The second-order valence-electron chi connectivity index (χ2n) is 9.78. The van der Waals surface area contributed by atoms with Gasteiger partial charge in [-0.3, -0.25) is 9.59 Å².